The van der Waals surface area contributed by atoms with E-state index < -0.39 is 18.1 Å². The van der Waals surface area contributed by atoms with Crippen LogP contribution < -0.4 is 5.73 Å². The molecule has 1 aromatic heterocycles. The molecule has 0 saturated heterocycles. The Hall–Kier alpha value is -1.24. The summed E-state index contributed by atoms with van der Waals surface area (Å²) in [4.78, 5) is 13.9. The van der Waals surface area contributed by atoms with Crippen molar-refractivity contribution in [3.05, 3.63) is 21.8 Å². The maximum absolute atomic E-state index is 12.2. The van der Waals surface area contributed by atoms with Crippen LogP contribution in [0.2, 0.25) is 0 Å². The van der Waals surface area contributed by atoms with Gasteiger partial charge in [0, 0.05) is 0 Å². The molecule has 7 heteroatoms. The molecule has 0 atom stereocenters. The fourth-order valence-corrected chi connectivity index (χ4v) is 1.21. The number of aromatic carboxylic acids is 1. The van der Waals surface area contributed by atoms with E-state index in [1.165, 1.54) is 0 Å². The van der Waals surface area contributed by atoms with Crippen LogP contribution in [0, 0.1) is 0 Å². The van der Waals surface area contributed by atoms with Crippen LogP contribution in [0.15, 0.2) is 10.5 Å². The number of rotatable bonds is 2. The van der Waals surface area contributed by atoms with Crippen molar-refractivity contribution in [2.75, 3.05) is 5.73 Å². The number of alkyl halides is 2. The summed E-state index contributed by atoms with van der Waals surface area (Å²) in [6.45, 7) is 0. The van der Waals surface area contributed by atoms with E-state index in [2.05, 4.69) is 20.9 Å². The molecular weight excluding hydrogens is 262 g/mol. The summed E-state index contributed by atoms with van der Waals surface area (Å²) in [6, 6.07) is 0.785. The van der Waals surface area contributed by atoms with Crippen molar-refractivity contribution in [3.8, 4) is 0 Å². The van der Waals surface area contributed by atoms with Crippen molar-refractivity contribution >= 4 is 27.7 Å². The van der Waals surface area contributed by atoms with Crippen LogP contribution in [-0.2, 0) is 0 Å². The molecule has 76 valence electrons. The molecule has 0 radical (unpaired) electrons. The third-order valence-electron chi connectivity index (χ3n) is 1.46. The Kier molecular flexibility index (Phi) is 3.00. The van der Waals surface area contributed by atoms with E-state index in [-0.39, 0.29) is 15.9 Å². The highest BCUT2D eigenvalue weighted by molar-refractivity contribution is 9.10. The lowest BCUT2D eigenvalue weighted by Gasteiger charge is -2.05. The maximum Gasteiger partial charge on any atom is 0.337 e. The van der Waals surface area contributed by atoms with Crippen LogP contribution in [0.5, 0.6) is 0 Å². The van der Waals surface area contributed by atoms with Gasteiger partial charge in [0.1, 0.15) is 11.5 Å². The van der Waals surface area contributed by atoms with E-state index in [0.29, 0.717) is 0 Å². The normalized spacial score (nSPS) is 10.6. The first-order valence-corrected chi connectivity index (χ1v) is 4.20. The van der Waals surface area contributed by atoms with Crippen LogP contribution in [0.1, 0.15) is 22.5 Å². The van der Waals surface area contributed by atoms with Crippen molar-refractivity contribution in [3.63, 3.8) is 0 Å². The van der Waals surface area contributed by atoms with Gasteiger partial charge >= 0.3 is 5.97 Å². The van der Waals surface area contributed by atoms with Gasteiger partial charge in [-0.15, -0.1) is 0 Å². The molecule has 0 saturated carbocycles. The molecule has 0 aliphatic rings. The first-order chi connectivity index (χ1) is 6.43. The van der Waals surface area contributed by atoms with E-state index in [0.717, 1.165) is 6.07 Å². The zero-order valence-corrected chi connectivity index (χ0v) is 8.25. The van der Waals surface area contributed by atoms with Gasteiger partial charge in [-0.2, -0.15) is 0 Å². The van der Waals surface area contributed by atoms with Crippen LogP contribution in [0.25, 0.3) is 0 Å². The Bertz CT molecular complexity index is 384. The van der Waals surface area contributed by atoms with E-state index >= 15 is 0 Å². The molecule has 1 rings (SSSR count). The highest BCUT2D eigenvalue weighted by Crippen LogP contribution is 2.27. The Morgan fingerprint density at radius 3 is 2.64 bits per heavy atom. The van der Waals surface area contributed by atoms with Crippen molar-refractivity contribution in [2.45, 2.75) is 6.43 Å². The molecule has 0 aromatic carbocycles. The lowest BCUT2D eigenvalue weighted by atomic mass is 10.2. The summed E-state index contributed by atoms with van der Waals surface area (Å²) in [5.41, 5.74) is 4.27. The number of pyridine rings is 1. The van der Waals surface area contributed by atoms with E-state index in [1.54, 1.807) is 0 Å². The van der Waals surface area contributed by atoms with Gasteiger partial charge in [0.15, 0.2) is 0 Å². The number of nitrogen functional groups attached to an aromatic ring is 1. The molecule has 1 heterocycles. The molecule has 0 amide bonds. The van der Waals surface area contributed by atoms with Crippen molar-refractivity contribution in [2.24, 2.45) is 0 Å². The molecule has 14 heavy (non-hydrogen) atoms. The molecule has 0 spiro atoms. The smallest absolute Gasteiger partial charge is 0.337 e. The van der Waals surface area contributed by atoms with E-state index in [1.807, 2.05) is 0 Å². The summed E-state index contributed by atoms with van der Waals surface area (Å²) >= 11 is 2.85. The number of anilines is 1. The summed E-state index contributed by atoms with van der Waals surface area (Å²) in [5.74, 6) is -1.60. The summed E-state index contributed by atoms with van der Waals surface area (Å²) in [6.07, 6.45) is -2.84. The van der Waals surface area contributed by atoms with Gasteiger partial charge in [-0.25, -0.2) is 18.6 Å². The van der Waals surface area contributed by atoms with Crippen LogP contribution in [0.3, 0.4) is 0 Å². The Morgan fingerprint density at radius 1 is 1.64 bits per heavy atom. The molecule has 0 aliphatic heterocycles. The zero-order chi connectivity index (χ0) is 10.9. The fraction of sp³-hybridized carbons (Fsp3) is 0.143. The van der Waals surface area contributed by atoms with Crippen LogP contribution in [0.4, 0.5) is 14.6 Å². The highest BCUT2D eigenvalue weighted by atomic mass is 79.9. The number of nitrogens with two attached hydrogens (primary N) is 1. The Morgan fingerprint density at radius 2 is 2.21 bits per heavy atom. The van der Waals surface area contributed by atoms with Crippen LogP contribution >= 0.6 is 15.9 Å². The average molecular weight is 267 g/mol. The van der Waals surface area contributed by atoms with E-state index in [9.17, 15) is 13.6 Å². The second kappa shape index (κ2) is 3.87. The number of carboxylic acid groups (broad SMARTS) is 1. The second-order valence-corrected chi connectivity index (χ2v) is 3.19. The third-order valence-corrected chi connectivity index (χ3v) is 2.29. The number of nitrogens with zero attached hydrogens (tertiary/aromatic N) is 1. The largest absolute Gasteiger partial charge is 0.478 e. The van der Waals surface area contributed by atoms with Crippen molar-refractivity contribution in [1.29, 1.82) is 0 Å². The second-order valence-electron chi connectivity index (χ2n) is 2.40. The predicted molar refractivity (Wildman–Crippen MR) is 48.3 cm³/mol. The lowest BCUT2D eigenvalue weighted by Crippen LogP contribution is -2.05. The molecule has 0 unspecified atom stereocenters. The predicted octanol–water partition coefficient (Wildman–Crippen LogP) is 2.06. The number of hydrogen-bond acceptors (Lipinski definition) is 3. The summed E-state index contributed by atoms with van der Waals surface area (Å²) in [5, 5.41) is 8.64. The van der Waals surface area contributed by atoms with Gasteiger partial charge < -0.3 is 10.8 Å². The summed E-state index contributed by atoms with van der Waals surface area (Å²) in [7, 11) is 0. The number of aromatic nitrogens is 1. The standard InChI is InChI=1S/C7H5BrF2N2O2/c8-4-2(7(13)14)1-3(5(9)10)12-6(4)11/h1,5H,(H2,11,12)(H,13,14). The molecule has 0 bridgehead atoms. The van der Waals surface area contributed by atoms with Gasteiger partial charge in [-0.05, 0) is 22.0 Å². The lowest BCUT2D eigenvalue weighted by molar-refractivity contribution is 0.0695. The molecular formula is C7H5BrF2N2O2. The molecule has 0 aliphatic carbocycles. The molecule has 0 fully saturated rings. The number of hydrogen-bond donors (Lipinski definition) is 2. The van der Waals surface area contributed by atoms with Crippen molar-refractivity contribution in [1.82, 2.24) is 4.98 Å². The molecule has 3 N–H and O–H groups in total. The minimum Gasteiger partial charge on any atom is -0.478 e. The zero-order valence-electron chi connectivity index (χ0n) is 6.67. The van der Waals surface area contributed by atoms with Crippen LogP contribution in [-0.4, -0.2) is 16.1 Å². The monoisotopic (exact) mass is 266 g/mol. The number of carbonyl (C=O) groups is 1. The first kappa shape index (κ1) is 10.8. The number of carboxylic acids is 1. The molecule has 1 aromatic rings. The van der Waals surface area contributed by atoms with Gasteiger partial charge in [0.2, 0.25) is 0 Å². The minimum atomic E-state index is -2.84. The Labute approximate surface area is 85.9 Å². The highest BCUT2D eigenvalue weighted by Gasteiger charge is 2.18. The van der Waals surface area contributed by atoms with Gasteiger partial charge in [0.25, 0.3) is 6.43 Å². The first-order valence-electron chi connectivity index (χ1n) is 3.41. The topological polar surface area (TPSA) is 76.2 Å². The molecule has 4 nitrogen and oxygen atoms in total. The van der Waals surface area contributed by atoms with E-state index in [4.69, 9.17) is 10.8 Å². The van der Waals surface area contributed by atoms with Gasteiger partial charge in [-0.3, -0.25) is 0 Å². The van der Waals surface area contributed by atoms with Gasteiger partial charge in [-0.1, -0.05) is 0 Å². The quantitative estimate of drug-likeness (QED) is 0.859. The SMILES string of the molecule is Nc1nc(C(F)F)cc(C(=O)O)c1Br. The van der Waals surface area contributed by atoms with Gasteiger partial charge in [0.05, 0.1) is 10.0 Å². The average Bonchev–Trinajstić information content (AvgIpc) is 2.08. The number of halogens is 3. The minimum absolute atomic E-state index is 0.00870. The summed E-state index contributed by atoms with van der Waals surface area (Å²) < 4.78 is 24.4. The van der Waals surface area contributed by atoms with Crippen molar-refractivity contribution < 1.29 is 18.7 Å². The third kappa shape index (κ3) is 1.98. The Balaban J connectivity index is 3.35. The maximum atomic E-state index is 12.2. The fourth-order valence-electron chi connectivity index (χ4n) is 0.837.